The number of nitrogens with zero attached hydrogens (tertiary/aromatic N) is 1. The molecular weight excluding hydrogens is 503 g/mol. The van der Waals surface area contributed by atoms with Crippen molar-refractivity contribution in [2.75, 3.05) is 21.3 Å². The third kappa shape index (κ3) is 5.02. The van der Waals surface area contributed by atoms with Crippen LogP contribution in [0.4, 0.5) is 13.2 Å². The minimum atomic E-state index is -4.58. The summed E-state index contributed by atoms with van der Waals surface area (Å²) in [4.78, 5) is 27.7. The molecule has 1 N–H and O–H groups in total. The number of ketones is 1. The molecule has 7 nitrogen and oxygen atoms in total. The highest BCUT2D eigenvalue weighted by atomic mass is 19.4. The van der Waals surface area contributed by atoms with E-state index >= 15 is 0 Å². The number of likely N-dealkylation sites (tertiary alicyclic amines) is 1. The highest BCUT2D eigenvalue weighted by Crippen LogP contribution is 2.43. The molecule has 1 saturated heterocycles. The normalized spacial score (nSPS) is 17.0. The molecule has 10 heteroatoms. The molecule has 3 aromatic carbocycles. The fourth-order valence-electron chi connectivity index (χ4n) is 4.36. The highest BCUT2D eigenvalue weighted by molar-refractivity contribution is 6.46. The van der Waals surface area contributed by atoms with Crippen molar-refractivity contribution in [3.05, 3.63) is 94.6 Å². The van der Waals surface area contributed by atoms with Crippen LogP contribution >= 0.6 is 0 Å². The van der Waals surface area contributed by atoms with Gasteiger partial charge >= 0.3 is 6.18 Å². The quantitative estimate of drug-likeness (QED) is 0.253. The molecule has 1 unspecified atom stereocenters. The van der Waals surface area contributed by atoms with Gasteiger partial charge in [0.25, 0.3) is 11.7 Å². The second-order valence-corrected chi connectivity index (χ2v) is 8.46. The van der Waals surface area contributed by atoms with E-state index < -0.39 is 35.2 Å². The van der Waals surface area contributed by atoms with Crippen molar-refractivity contribution in [2.45, 2.75) is 18.8 Å². The van der Waals surface area contributed by atoms with E-state index in [1.54, 1.807) is 30.3 Å². The van der Waals surface area contributed by atoms with Crippen LogP contribution in [-0.2, 0) is 22.3 Å². The molecule has 0 aliphatic carbocycles. The van der Waals surface area contributed by atoms with E-state index in [0.717, 1.165) is 17.0 Å². The number of halogens is 3. The summed E-state index contributed by atoms with van der Waals surface area (Å²) in [6.45, 7) is -0.304. The van der Waals surface area contributed by atoms with Gasteiger partial charge in [-0.05, 0) is 47.5 Å². The number of hydrogen-bond donors (Lipinski definition) is 1. The number of benzene rings is 3. The molecule has 38 heavy (non-hydrogen) atoms. The molecule has 3 aromatic rings. The molecule has 1 heterocycles. The number of hydrogen-bond acceptors (Lipinski definition) is 6. The van der Waals surface area contributed by atoms with Gasteiger partial charge in [0.05, 0.1) is 44.1 Å². The molecule has 0 aromatic heterocycles. The Morgan fingerprint density at radius 3 is 2.16 bits per heavy atom. The van der Waals surface area contributed by atoms with Crippen molar-refractivity contribution in [3.8, 4) is 17.2 Å². The Morgan fingerprint density at radius 2 is 1.55 bits per heavy atom. The maximum Gasteiger partial charge on any atom is 0.416 e. The lowest BCUT2D eigenvalue weighted by Crippen LogP contribution is -2.29. The first-order chi connectivity index (χ1) is 18.1. The zero-order chi connectivity index (χ0) is 27.6. The smallest absolute Gasteiger partial charge is 0.416 e. The van der Waals surface area contributed by atoms with E-state index in [-0.39, 0.29) is 29.0 Å². The summed E-state index contributed by atoms with van der Waals surface area (Å²) in [7, 11) is 4.31. The fourth-order valence-corrected chi connectivity index (χ4v) is 4.36. The van der Waals surface area contributed by atoms with E-state index in [1.165, 1.54) is 45.6 Å². The molecule has 1 atom stereocenters. The van der Waals surface area contributed by atoms with Gasteiger partial charge in [-0.3, -0.25) is 9.59 Å². The Balaban J connectivity index is 1.87. The number of carbonyl (C=O) groups excluding carboxylic acids is 2. The van der Waals surface area contributed by atoms with Crippen LogP contribution in [0.15, 0.2) is 72.3 Å². The van der Waals surface area contributed by atoms with E-state index in [0.29, 0.717) is 17.1 Å². The van der Waals surface area contributed by atoms with Crippen LogP contribution in [0.1, 0.15) is 28.3 Å². The molecule has 1 aliphatic rings. The van der Waals surface area contributed by atoms with Crippen LogP contribution in [0.3, 0.4) is 0 Å². The largest absolute Gasteiger partial charge is 0.507 e. The summed E-state index contributed by atoms with van der Waals surface area (Å²) in [6, 6.07) is 14.5. The zero-order valence-corrected chi connectivity index (χ0v) is 20.7. The van der Waals surface area contributed by atoms with Crippen molar-refractivity contribution < 1.29 is 42.1 Å². The number of aliphatic hydroxyl groups is 1. The first kappa shape index (κ1) is 26.6. The van der Waals surface area contributed by atoms with E-state index in [4.69, 9.17) is 14.2 Å². The molecular formula is C28H24F3NO6. The third-order valence-corrected chi connectivity index (χ3v) is 6.24. The van der Waals surface area contributed by atoms with Crippen LogP contribution in [0.5, 0.6) is 17.2 Å². The molecule has 0 spiro atoms. The fraction of sp³-hybridized carbons (Fsp3) is 0.214. The van der Waals surface area contributed by atoms with Gasteiger partial charge in [0.1, 0.15) is 23.0 Å². The predicted molar refractivity (Wildman–Crippen MR) is 132 cm³/mol. The van der Waals surface area contributed by atoms with Crippen molar-refractivity contribution in [3.63, 3.8) is 0 Å². The molecule has 1 fully saturated rings. The number of rotatable bonds is 7. The van der Waals surface area contributed by atoms with Crippen molar-refractivity contribution in [2.24, 2.45) is 0 Å². The summed E-state index contributed by atoms with van der Waals surface area (Å²) in [5, 5.41) is 11.3. The molecule has 0 bridgehead atoms. The van der Waals surface area contributed by atoms with Crippen LogP contribution in [0, 0.1) is 0 Å². The first-order valence-electron chi connectivity index (χ1n) is 11.4. The average Bonchev–Trinajstić information content (AvgIpc) is 3.16. The third-order valence-electron chi connectivity index (χ3n) is 6.24. The van der Waals surface area contributed by atoms with Gasteiger partial charge in [-0.25, -0.2) is 0 Å². The second kappa shape index (κ2) is 10.5. The van der Waals surface area contributed by atoms with E-state index in [9.17, 15) is 27.9 Å². The topological polar surface area (TPSA) is 85.3 Å². The van der Waals surface area contributed by atoms with Gasteiger partial charge in [0.15, 0.2) is 0 Å². The highest BCUT2D eigenvalue weighted by Gasteiger charge is 2.46. The summed E-state index contributed by atoms with van der Waals surface area (Å²) < 4.78 is 55.7. The van der Waals surface area contributed by atoms with Gasteiger partial charge < -0.3 is 24.2 Å². The maximum atomic E-state index is 13.3. The van der Waals surface area contributed by atoms with Gasteiger partial charge in [-0.2, -0.15) is 13.2 Å². The second-order valence-electron chi connectivity index (χ2n) is 8.46. The van der Waals surface area contributed by atoms with E-state index in [1.807, 2.05) is 0 Å². The lowest BCUT2D eigenvalue weighted by atomic mass is 9.94. The van der Waals surface area contributed by atoms with Crippen molar-refractivity contribution in [1.29, 1.82) is 0 Å². The Bertz CT molecular complexity index is 1400. The number of alkyl halides is 3. The number of Topliss-reactive ketones (excluding diaryl/α,β-unsaturated/α-hetero) is 1. The maximum absolute atomic E-state index is 13.3. The van der Waals surface area contributed by atoms with Crippen LogP contribution in [-0.4, -0.2) is 43.0 Å². The van der Waals surface area contributed by atoms with Crippen LogP contribution < -0.4 is 14.2 Å². The Hall–Kier alpha value is -4.47. The van der Waals surface area contributed by atoms with Gasteiger partial charge in [0, 0.05) is 12.6 Å². The van der Waals surface area contributed by atoms with Gasteiger partial charge in [0.2, 0.25) is 0 Å². The first-order valence-corrected chi connectivity index (χ1v) is 11.4. The number of methoxy groups -OCH3 is 3. The SMILES string of the molecule is COc1ccc(C2/C(=C(/O)c3ccc(OC)cc3OC)C(=O)C(=O)N2Cc2cccc(C(F)(F)F)c2)cc1. The monoisotopic (exact) mass is 527 g/mol. The van der Waals surface area contributed by atoms with Crippen molar-refractivity contribution in [1.82, 2.24) is 4.90 Å². The predicted octanol–water partition coefficient (Wildman–Crippen LogP) is 5.35. The number of amides is 1. The standard InChI is InChI=1S/C28H24F3NO6/c1-36-19-9-7-17(8-10-19)24-23(25(33)21-12-11-20(37-2)14-22(21)38-3)26(34)27(35)32(24)15-16-5-4-6-18(13-16)28(29,30)31/h4-14,24,33H,15H2,1-3H3/b25-23-. The number of ether oxygens (including phenoxy) is 3. The summed E-state index contributed by atoms with van der Waals surface area (Å²) in [5.74, 6) is -1.28. The zero-order valence-electron chi connectivity index (χ0n) is 20.7. The summed E-state index contributed by atoms with van der Waals surface area (Å²) >= 11 is 0. The van der Waals surface area contributed by atoms with Gasteiger partial charge in [-0.15, -0.1) is 0 Å². The molecule has 4 rings (SSSR count). The number of carbonyl (C=O) groups is 2. The summed E-state index contributed by atoms with van der Waals surface area (Å²) in [5.41, 5.74) is -0.344. The minimum absolute atomic E-state index is 0.142. The number of aliphatic hydroxyl groups excluding tert-OH is 1. The molecule has 0 radical (unpaired) electrons. The Morgan fingerprint density at radius 1 is 0.895 bits per heavy atom. The Labute approximate surface area is 216 Å². The minimum Gasteiger partial charge on any atom is -0.507 e. The Kier molecular flexibility index (Phi) is 7.34. The molecule has 1 aliphatic heterocycles. The molecule has 198 valence electrons. The lowest BCUT2D eigenvalue weighted by molar-refractivity contribution is -0.140. The average molecular weight is 527 g/mol. The lowest BCUT2D eigenvalue weighted by Gasteiger charge is -2.26. The van der Waals surface area contributed by atoms with E-state index in [2.05, 4.69) is 0 Å². The van der Waals surface area contributed by atoms with Crippen molar-refractivity contribution >= 4 is 17.4 Å². The van der Waals surface area contributed by atoms with Crippen LogP contribution in [0.2, 0.25) is 0 Å². The molecule has 1 amide bonds. The van der Waals surface area contributed by atoms with Crippen LogP contribution in [0.25, 0.3) is 5.76 Å². The summed E-state index contributed by atoms with van der Waals surface area (Å²) in [6.07, 6.45) is -4.58. The van der Waals surface area contributed by atoms with Gasteiger partial charge in [-0.1, -0.05) is 24.3 Å². The molecule has 0 saturated carbocycles.